The second kappa shape index (κ2) is 12.0. The molecule has 1 amide bonds. The fourth-order valence-corrected chi connectivity index (χ4v) is 5.71. The highest BCUT2D eigenvalue weighted by atomic mass is 16.6. The third-order valence-electron chi connectivity index (χ3n) is 7.90. The summed E-state index contributed by atoms with van der Waals surface area (Å²) >= 11 is 0. The van der Waals surface area contributed by atoms with Crippen molar-refractivity contribution >= 4 is 17.4 Å². The van der Waals surface area contributed by atoms with Gasteiger partial charge in [0.25, 0.3) is 0 Å². The van der Waals surface area contributed by atoms with E-state index in [1.54, 1.807) is 4.90 Å². The molecule has 0 spiro atoms. The van der Waals surface area contributed by atoms with Gasteiger partial charge in [-0.2, -0.15) is 0 Å². The van der Waals surface area contributed by atoms with Crippen LogP contribution in [0.2, 0.25) is 0 Å². The molecule has 8 nitrogen and oxygen atoms in total. The lowest BCUT2D eigenvalue weighted by Gasteiger charge is -2.35. The molecule has 2 fully saturated rings. The van der Waals surface area contributed by atoms with Crippen LogP contribution in [0.5, 0.6) is 0 Å². The molecular formula is C29H39N5O3. The van der Waals surface area contributed by atoms with E-state index in [0.29, 0.717) is 26.2 Å². The van der Waals surface area contributed by atoms with Crippen LogP contribution >= 0.6 is 0 Å². The van der Waals surface area contributed by atoms with Crippen molar-refractivity contribution < 1.29 is 14.6 Å². The Morgan fingerprint density at radius 1 is 1.05 bits per heavy atom. The van der Waals surface area contributed by atoms with Gasteiger partial charge in [0, 0.05) is 57.9 Å². The van der Waals surface area contributed by atoms with E-state index in [1.807, 2.05) is 42.7 Å². The van der Waals surface area contributed by atoms with E-state index >= 15 is 0 Å². The van der Waals surface area contributed by atoms with Gasteiger partial charge in [-0.1, -0.05) is 37.3 Å². The largest absolute Gasteiger partial charge is 0.445 e. The number of nitrogens with zero attached hydrogens (tertiary/aromatic N) is 5. The molecule has 0 unspecified atom stereocenters. The number of rotatable bonds is 7. The highest BCUT2D eigenvalue weighted by Gasteiger charge is 2.30. The molecule has 198 valence electrons. The topological polar surface area (TPSA) is 73.6 Å². The van der Waals surface area contributed by atoms with E-state index < -0.39 is 0 Å². The standard InChI is InChI=1S/C29H39N5O3/c1-2-24-9-15-33-18-12-30-28(33)27(24)32-14-6-13-31(19-20-32)21-26(35)25-10-16-34(17-11-25)29(36)37-22-23-7-4-3-5-8-23/h3-5,7-9,12,15,18,25-26,35H,2,6,10-11,13-14,16-17,19-22H2,1H3/t26-/m1/s1. The van der Waals surface area contributed by atoms with Crippen molar-refractivity contribution in [1.29, 1.82) is 0 Å². The van der Waals surface area contributed by atoms with Crippen molar-refractivity contribution in [2.75, 3.05) is 50.7 Å². The summed E-state index contributed by atoms with van der Waals surface area (Å²) in [5.74, 6) is 0.211. The third kappa shape index (κ3) is 6.08. The summed E-state index contributed by atoms with van der Waals surface area (Å²) < 4.78 is 7.59. The Morgan fingerprint density at radius 3 is 2.65 bits per heavy atom. The van der Waals surface area contributed by atoms with Crippen LogP contribution in [0.25, 0.3) is 5.65 Å². The average molecular weight is 506 g/mol. The molecule has 5 rings (SSSR count). The van der Waals surface area contributed by atoms with Crippen molar-refractivity contribution in [3.63, 3.8) is 0 Å². The predicted octanol–water partition coefficient (Wildman–Crippen LogP) is 3.82. The summed E-state index contributed by atoms with van der Waals surface area (Å²) in [5.41, 5.74) is 4.61. The van der Waals surface area contributed by atoms with Crippen molar-refractivity contribution in [2.24, 2.45) is 5.92 Å². The number of anilines is 1. The summed E-state index contributed by atoms with van der Waals surface area (Å²) in [5, 5.41) is 11.1. The normalized spacial score (nSPS) is 18.6. The van der Waals surface area contributed by atoms with Crippen molar-refractivity contribution in [3.8, 4) is 0 Å². The minimum atomic E-state index is -0.379. The number of pyridine rings is 1. The number of imidazole rings is 1. The smallest absolute Gasteiger partial charge is 0.410 e. The third-order valence-corrected chi connectivity index (χ3v) is 7.90. The number of benzene rings is 1. The summed E-state index contributed by atoms with van der Waals surface area (Å²) in [6, 6.07) is 12.0. The Bertz CT molecular complexity index is 1160. The molecule has 0 saturated carbocycles. The number of aromatic nitrogens is 2. The van der Waals surface area contributed by atoms with Crippen LogP contribution in [0.1, 0.15) is 37.3 Å². The number of hydrogen-bond acceptors (Lipinski definition) is 6. The molecule has 4 heterocycles. The molecule has 0 aliphatic carbocycles. The number of carbonyl (C=O) groups excluding carboxylic acids is 1. The van der Waals surface area contributed by atoms with Gasteiger partial charge in [0.05, 0.1) is 11.8 Å². The SMILES string of the molecule is CCc1ccn2ccnc2c1N1CCCN(C[C@@H](O)C2CCN(C(=O)OCc3ccccc3)CC2)CC1. The molecule has 1 aromatic carbocycles. The average Bonchev–Trinajstić information content (AvgIpc) is 3.31. The number of aryl methyl sites for hydroxylation is 1. The zero-order chi connectivity index (χ0) is 25.6. The Hall–Kier alpha value is -3.10. The van der Waals surface area contributed by atoms with Crippen LogP contribution in [0.15, 0.2) is 55.0 Å². The number of aliphatic hydroxyl groups excluding tert-OH is 1. The Balaban J connectivity index is 1.10. The maximum Gasteiger partial charge on any atom is 0.410 e. The summed E-state index contributed by atoms with van der Waals surface area (Å²) in [6.45, 7) is 8.28. The molecule has 1 N–H and O–H groups in total. The molecule has 2 aliphatic rings. The highest BCUT2D eigenvalue weighted by Crippen LogP contribution is 2.28. The van der Waals surface area contributed by atoms with Gasteiger partial charge in [-0.15, -0.1) is 0 Å². The number of ether oxygens (including phenoxy) is 1. The molecule has 0 bridgehead atoms. The lowest BCUT2D eigenvalue weighted by atomic mass is 9.91. The molecule has 2 aliphatic heterocycles. The molecule has 8 heteroatoms. The Kier molecular flexibility index (Phi) is 8.26. The van der Waals surface area contributed by atoms with Gasteiger partial charge in [-0.05, 0) is 55.3 Å². The minimum absolute atomic E-state index is 0.211. The number of aliphatic hydroxyl groups is 1. The van der Waals surface area contributed by atoms with Gasteiger partial charge in [-0.25, -0.2) is 9.78 Å². The Morgan fingerprint density at radius 2 is 1.86 bits per heavy atom. The van der Waals surface area contributed by atoms with E-state index in [2.05, 4.69) is 38.4 Å². The molecule has 1 atom stereocenters. The van der Waals surface area contributed by atoms with Gasteiger partial charge >= 0.3 is 6.09 Å². The zero-order valence-corrected chi connectivity index (χ0v) is 21.8. The van der Waals surface area contributed by atoms with Gasteiger partial charge in [0.2, 0.25) is 0 Å². The van der Waals surface area contributed by atoms with E-state index in [-0.39, 0.29) is 18.1 Å². The summed E-state index contributed by atoms with van der Waals surface area (Å²) in [6.07, 6.45) is 8.99. The fraction of sp³-hybridized carbons (Fsp3) is 0.517. The Labute approximate surface area is 219 Å². The maximum atomic E-state index is 12.5. The van der Waals surface area contributed by atoms with Crippen LogP contribution in [0, 0.1) is 5.92 Å². The predicted molar refractivity (Wildman–Crippen MR) is 145 cm³/mol. The van der Waals surface area contributed by atoms with Gasteiger partial charge < -0.3 is 24.0 Å². The zero-order valence-electron chi connectivity index (χ0n) is 21.8. The van der Waals surface area contributed by atoms with Crippen LogP contribution in [0.4, 0.5) is 10.5 Å². The molecule has 3 aromatic rings. The van der Waals surface area contributed by atoms with E-state index in [4.69, 9.17) is 4.74 Å². The van der Waals surface area contributed by atoms with E-state index in [9.17, 15) is 9.90 Å². The summed E-state index contributed by atoms with van der Waals surface area (Å²) in [7, 11) is 0. The van der Waals surface area contributed by atoms with E-state index in [1.165, 1.54) is 11.3 Å². The second-order valence-electron chi connectivity index (χ2n) is 10.3. The molecular weight excluding hydrogens is 466 g/mol. The number of hydrogen-bond donors (Lipinski definition) is 1. The second-order valence-corrected chi connectivity index (χ2v) is 10.3. The number of fused-ring (bicyclic) bond motifs is 1. The van der Waals surface area contributed by atoms with Crippen LogP contribution < -0.4 is 4.90 Å². The van der Waals surface area contributed by atoms with E-state index in [0.717, 1.165) is 63.1 Å². The number of carbonyl (C=O) groups is 1. The first kappa shape index (κ1) is 25.5. The molecule has 2 aromatic heterocycles. The number of β-amino-alcohol motifs (C(OH)–C–C–N with tert-alkyl or cyclic N) is 1. The lowest BCUT2D eigenvalue weighted by molar-refractivity contribution is 0.0272. The fourth-order valence-electron chi connectivity index (χ4n) is 5.71. The molecule has 37 heavy (non-hydrogen) atoms. The first-order valence-electron chi connectivity index (χ1n) is 13.7. The number of amides is 1. The quantitative estimate of drug-likeness (QED) is 0.526. The monoisotopic (exact) mass is 505 g/mol. The molecule has 2 saturated heterocycles. The number of likely N-dealkylation sites (tertiary alicyclic amines) is 1. The van der Waals surface area contributed by atoms with Crippen LogP contribution in [-0.2, 0) is 17.8 Å². The summed E-state index contributed by atoms with van der Waals surface area (Å²) in [4.78, 5) is 23.8. The molecule has 0 radical (unpaired) electrons. The number of piperidine rings is 1. The van der Waals surface area contributed by atoms with Gasteiger partial charge in [-0.3, -0.25) is 4.90 Å². The first-order valence-corrected chi connectivity index (χ1v) is 13.7. The maximum absolute atomic E-state index is 12.5. The van der Waals surface area contributed by atoms with Crippen molar-refractivity contribution in [3.05, 3.63) is 66.1 Å². The highest BCUT2D eigenvalue weighted by molar-refractivity contribution is 5.73. The van der Waals surface area contributed by atoms with Gasteiger partial charge in [0.1, 0.15) is 6.61 Å². The first-order chi connectivity index (χ1) is 18.1. The van der Waals surface area contributed by atoms with Gasteiger partial charge in [0.15, 0.2) is 5.65 Å². The van der Waals surface area contributed by atoms with Crippen LogP contribution in [-0.4, -0.2) is 82.3 Å². The minimum Gasteiger partial charge on any atom is -0.445 e. The lowest BCUT2D eigenvalue weighted by Crippen LogP contribution is -2.45. The van der Waals surface area contributed by atoms with Crippen LogP contribution in [0.3, 0.4) is 0 Å². The van der Waals surface area contributed by atoms with Crippen molar-refractivity contribution in [1.82, 2.24) is 19.2 Å². The van der Waals surface area contributed by atoms with Crippen molar-refractivity contribution in [2.45, 2.75) is 45.3 Å².